The van der Waals surface area contributed by atoms with Crippen LogP contribution in [0, 0.1) is 5.92 Å². The standard InChI is InChI=1S/C24H27F3N2O4/c1-28(16-18-8-5-6-12-21(18)33-24(25,26)27)23(31)19-9-7-14-29(17-19)22(30)13-15-32-20-10-3-2-4-11-20/h2-6,8,10-12,19H,7,9,13-17H2,1H3. The molecule has 1 saturated heterocycles. The smallest absolute Gasteiger partial charge is 0.493 e. The molecule has 1 aliphatic rings. The number of alkyl halides is 3. The number of ether oxygens (including phenoxy) is 2. The van der Waals surface area contributed by atoms with Crippen LogP contribution in [0.15, 0.2) is 54.6 Å². The zero-order valence-electron chi connectivity index (χ0n) is 18.4. The van der Waals surface area contributed by atoms with Crippen molar-refractivity contribution in [3.63, 3.8) is 0 Å². The predicted molar refractivity (Wildman–Crippen MR) is 115 cm³/mol. The van der Waals surface area contributed by atoms with Gasteiger partial charge in [-0.1, -0.05) is 36.4 Å². The molecule has 0 saturated carbocycles. The maximum atomic E-state index is 13.0. The Morgan fingerprint density at radius 1 is 1.09 bits per heavy atom. The molecule has 1 atom stereocenters. The molecule has 0 aromatic heterocycles. The van der Waals surface area contributed by atoms with E-state index < -0.39 is 12.3 Å². The lowest BCUT2D eigenvalue weighted by atomic mass is 9.96. The molecule has 2 amide bonds. The second-order valence-electron chi connectivity index (χ2n) is 7.94. The van der Waals surface area contributed by atoms with Crippen LogP contribution in [0.1, 0.15) is 24.8 Å². The lowest BCUT2D eigenvalue weighted by Crippen LogP contribution is -2.46. The minimum atomic E-state index is -4.81. The van der Waals surface area contributed by atoms with E-state index >= 15 is 0 Å². The predicted octanol–water partition coefficient (Wildman–Crippen LogP) is 4.25. The van der Waals surface area contributed by atoms with Gasteiger partial charge >= 0.3 is 6.36 Å². The third-order valence-electron chi connectivity index (χ3n) is 5.43. The molecule has 0 spiro atoms. The lowest BCUT2D eigenvalue weighted by Gasteiger charge is -2.34. The van der Waals surface area contributed by atoms with Crippen molar-refractivity contribution >= 4 is 11.8 Å². The average Bonchev–Trinajstić information content (AvgIpc) is 2.79. The minimum absolute atomic E-state index is 0.0273. The number of halogens is 3. The van der Waals surface area contributed by atoms with Crippen molar-refractivity contribution in [3.8, 4) is 11.5 Å². The van der Waals surface area contributed by atoms with Crippen molar-refractivity contribution in [2.45, 2.75) is 32.2 Å². The van der Waals surface area contributed by atoms with Crippen molar-refractivity contribution in [2.24, 2.45) is 5.92 Å². The summed E-state index contributed by atoms with van der Waals surface area (Å²) in [7, 11) is 1.54. The molecular formula is C24H27F3N2O4. The molecule has 2 aromatic carbocycles. The van der Waals surface area contributed by atoms with Crippen LogP contribution in [0.4, 0.5) is 13.2 Å². The number of piperidine rings is 1. The Labute approximate surface area is 190 Å². The van der Waals surface area contributed by atoms with Gasteiger partial charge < -0.3 is 19.3 Å². The van der Waals surface area contributed by atoms with Crippen LogP contribution in [0.3, 0.4) is 0 Å². The number of benzene rings is 2. The fourth-order valence-corrected chi connectivity index (χ4v) is 3.84. The van der Waals surface area contributed by atoms with Gasteiger partial charge in [0.15, 0.2) is 0 Å². The van der Waals surface area contributed by atoms with E-state index in [0.717, 1.165) is 0 Å². The van der Waals surface area contributed by atoms with Gasteiger partial charge in [0.2, 0.25) is 11.8 Å². The monoisotopic (exact) mass is 464 g/mol. The highest BCUT2D eigenvalue weighted by Crippen LogP contribution is 2.28. The van der Waals surface area contributed by atoms with Crippen LogP contribution in [0.5, 0.6) is 11.5 Å². The van der Waals surface area contributed by atoms with Crippen molar-refractivity contribution in [3.05, 3.63) is 60.2 Å². The van der Waals surface area contributed by atoms with E-state index in [1.807, 2.05) is 30.3 Å². The summed E-state index contributed by atoms with van der Waals surface area (Å²) in [5.74, 6) is -0.347. The Balaban J connectivity index is 1.53. The Hall–Kier alpha value is -3.23. The first kappa shape index (κ1) is 24.4. The molecule has 1 fully saturated rings. The van der Waals surface area contributed by atoms with Crippen LogP contribution in [-0.2, 0) is 16.1 Å². The number of likely N-dealkylation sites (tertiary alicyclic amines) is 1. The lowest BCUT2D eigenvalue weighted by molar-refractivity contribution is -0.275. The number of hydrogen-bond acceptors (Lipinski definition) is 4. The molecule has 178 valence electrons. The highest BCUT2D eigenvalue weighted by atomic mass is 19.4. The van der Waals surface area contributed by atoms with Gasteiger partial charge in [-0.25, -0.2) is 0 Å². The van der Waals surface area contributed by atoms with Crippen LogP contribution in [-0.4, -0.2) is 54.7 Å². The largest absolute Gasteiger partial charge is 0.573 e. The molecular weight excluding hydrogens is 437 g/mol. The summed E-state index contributed by atoms with van der Waals surface area (Å²) in [6, 6.07) is 15.0. The molecule has 9 heteroatoms. The van der Waals surface area contributed by atoms with Crippen molar-refractivity contribution in [2.75, 3.05) is 26.7 Å². The van der Waals surface area contributed by atoms with E-state index in [4.69, 9.17) is 4.74 Å². The number of rotatable bonds is 8. The zero-order valence-corrected chi connectivity index (χ0v) is 18.4. The summed E-state index contributed by atoms with van der Waals surface area (Å²) in [5, 5.41) is 0. The quantitative estimate of drug-likeness (QED) is 0.586. The topological polar surface area (TPSA) is 59.1 Å². The SMILES string of the molecule is CN(Cc1ccccc1OC(F)(F)F)C(=O)C1CCCN(C(=O)CCOc2ccccc2)C1. The summed E-state index contributed by atoms with van der Waals surface area (Å²) >= 11 is 0. The molecule has 0 aliphatic carbocycles. The first-order valence-electron chi connectivity index (χ1n) is 10.8. The molecule has 2 aromatic rings. The second kappa shape index (κ2) is 11.1. The number of nitrogens with zero attached hydrogens (tertiary/aromatic N) is 2. The normalized spacial score (nSPS) is 16.2. The Morgan fingerprint density at radius 2 is 1.79 bits per heavy atom. The highest BCUT2D eigenvalue weighted by Gasteiger charge is 2.33. The fraction of sp³-hybridized carbons (Fsp3) is 0.417. The van der Waals surface area contributed by atoms with E-state index in [1.165, 1.54) is 23.1 Å². The van der Waals surface area contributed by atoms with Crippen LogP contribution < -0.4 is 9.47 Å². The molecule has 1 unspecified atom stereocenters. The van der Waals surface area contributed by atoms with E-state index in [9.17, 15) is 22.8 Å². The Kier molecular flexibility index (Phi) is 8.19. The second-order valence-corrected chi connectivity index (χ2v) is 7.94. The van der Waals surface area contributed by atoms with Gasteiger partial charge in [-0.05, 0) is 31.0 Å². The third-order valence-corrected chi connectivity index (χ3v) is 5.43. The van der Waals surface area contributed by atoms with Crippen molar-refractivity contribution < 1.29 is 32.2 Å². The number of para-hydroxylation sites is 2. The van der Waals surface area contributed by atoms with Crippen LogP contribution in [0.2, 0.25) is 0 Å². The van der Waals surface area contributed by atoms with Gasteiger partial charge in [0, 0.05) is 32.2 Å². The number of carbonyl (C=O) groups excluding carboxylic acids is 2. The molecule has 1 aliphatic heterocycles. The summed E-state index contributed by atoms with van der Waals surface area (Å²) in [6.45, 7) is 1.07. The number of amides is 2. The zero-order chi connectivity index (χ0) is 23.8. The molecule has 1 heterocycles. The number of carbonyl (C=O) groups is 2. The molecule has 33 heavy (non-hydrogen) atoms. The van der Waals surface area contributed by atoms with Gasteiger partial charge in [-0.2, -0.15) is 0 Å². The maximum Gasteiger partial charge on any atom is 0.573 e. The first-order valence-corrected chi connectivity index (χ1v) is 10.8. The highest BCUT2D eigenvalue weighted by molar-refractivity contribution is 5.81. The first-order chi connectivity index (χ1) is 15.7. The molecule has 0 radical (unpaired) electrons. The van der Waals surface area contributed by atoms with Gasteiger partial charge in [-0.3, -0.25) is 9.59 Å². The summed E-state index contributed by atoms with van der Waals surface area (Å²) < 4.78 is 47.6. The molecule has 3 rings (SSSR count). The summed E-state index contributed by atoms with van der Waals surface area (Å²) in [6.07, 6.45) is -3.31. The third kappa shape index (κ3) is 7.40. The van der Waals surface area contributed by atoms with E-state index in [1.54, 1.807) is 18.0 Å². The Bertz CT molecular complexity index is 937. The molecule has 0 bridgehead atoms. The van der Waals surface area contributed by atoms with E-state index in [2.05, 4.69) is 4.74 Å². The van der Waals surface area contributed by atoms with Crippen LogP contribution in [0.25, 0.3) is 0 Å². The van der Waals surface area contributed by atoms with Gasteiger partial charge in [0.25, 0.3) is 0 Å². The summed E-state index contributed by atoms with van der Waals surface area (Å²) in [4.78, 5) is 28.6. The minimum Gasteiger partial charge on any atom is -0.493 e. The molecule has 6 nitrogen and oxygen atoms in total. The van der Waals surface area contributed by atoms with Crippen LogP contribution >= 0.6 is 0 Å². The average molecular weight is 464 g/mol. The van der Waals surface area contributed by atoms with Crippen molar-refractivity contribution in [1.82, 2.24) is 9.80 Å². The van der Waals surface area contributed by atoms with Crippen molar-refractivity contribution in [1.29, 1.82) is 0 Å². The fourth-order valence-electron chi connectivity index (χ4n) is 3.84. The van der Waals surface area contributed by atoms with E-state index in [-0.39, 0.29) is 49.2 Å². The van der Waals surface area contributed by atoms with Gasteiger partial charge in [-0.15, -0.1) is 13.2 Å². The van der Waals surface area contributed by atoms with E-state index in [0.29, 0.717) is 25.1 Å². The van der Waals surface area contributed by atoms with Gasteiger partial charge in [0.1, 0.15) is 11.5 Å². The maximum absolute atomic E-state index is 13.0. The van der Waals surface area contributed by atoms with Gasteiger partial charge in [0.05, 0.1) is 18.9 Å². The Morgan fingerprint density at radius 3 is 2.52 bits per heavy atom. The summed E-state index contributed by atoms with van der Waals surface area (Å²) in [5.41, 5.74) is 0.257. The number of hydrogen-bond donors (Lipinski definition) is 0. The molecule has 0 N–H and O–H groups in total.